The number of carbonyl (C=O) groups is 2. The number of ether oxygens (including phenoxy) is 1. The molecule has 0 saturated carbocycles. The number of rotatable bonds is 6. The molecule has 1 aromatic carbocycles. The van der Waals surface area contributed by atoms with Gasteiger partial charge >= 0.3 is 5.97 Å². The second-order valence-corrected chi connectivity index (χ2v) is 6.41. The summed E-state index contributed by atoms with van der Waals surface area (Å²) in [6.07, 6.45) is 3.31. The molecule has 1 atom stereocenters. The molecule has 0 spiro atoms. The van der Waals surface area contributed by atoms with Gasteiger partial charge in [0.05, 0.1) is 23.1 Å². The highest BCUT2D eigenvalue weighted by molar-refractivity contribution is 6.42. The van der Waals surface area contributed by atoms with Gasteiger partial charge in [0.2, 0.25) is 0 Å². The van der Waals surface area contributed by atoms with Crippen LogP contribution in [-0.2, 0) is 16.1 Å². The molecule has 0 bridgehead atoms. The number of nitrogens with zero attached hydrogens (tertiary/aromatic N) is 2. The quantitative estimate of drug-likeness (QED) is 0.714. The molecule has 25 heavy (non-hydrogen) atoms. The van der Waals surface area contributed by atoms with Crippen molar-refractivity contribution in [1.29, 1.82) is 0 Å². The maximum absolute atomic E-state index is 12.9. The van der Waals surface area contributed by atoms with Gasteiger partial charge < -0.3 is 9.64 Å². The smallest absolute Gasteiger partial charge is 0.310 e. The molecule has 0 aliphatic heterocycles. The van der Waals surface area contributed by atoms with E-state index in [2.05, 4.69) is 4.98 Å². The first-order valence-corrected chi connectivity index (χ1v) is 8.39. The minimum Gasteiger partial charge on any atom is -0.469 e. The second-order valence-electron chi connectivity index (χ2n) is 5.59. The van der Waals surface area contributed by atoms with Crippen molar-refractivity contribution in [2.24, 2.45) is 5.92 Å². The lowest BCUT2D eigenvalue weighted by Crippen LogP contribution is -2.36. The van der Waals surface area contributed by atoms with Crippen LogP contribution in [0.5, 0.6) is 0 Å². The molecule has 0 radical (unpaired) electrons. The van der Waals surface area contributed by atoms with Crippen molar-refractivity contribution in [1.82, 2.24) is 9.88 Å². The molecule has 7 heteroatoms. The van der Waals surface area contributed by atoms with Crippen LogP contribution < -0.4 is 0 Å². The third-order valence-electron chi connectivity index (χ3n) is 3.67. The summed E-state index contributed by atoms with van der Waals surface area (Å²) in [4.78, 5) is 30.2. The molecule has 1 amide bonds. The van der Waals surface area contributed by atoms with E-state index in [9.17, 15) is 9.59 Å². The van der Waals surface area contributed by atoms with Crippen LogP contribution in [0, 0.1) is 5.92 Å². The molecule has 132 valence electrons. The van der Waals surface area contributed by atoms with Gasteiger partial charge in [-0.15, -0.1) is 0 Å². The summed E-state index contributed by atoms with van der Waals surface area (Å²) in [6.45, 7) is 2.27. The predicted octanol–water partition coefficient (Wildman–Crippen LogP) is 3.84. The number of esters is 1. The first-order chi connectivity index (χ1) is 11.9. The molecule has 1 unspecified atom stereocenters. The number of halogens is 2. The number of carbonyl (C=O) groups excluding carboxylic acids is 2. The molecule has 0 aliphatic carbocycles. The van der Waals surface area contributed by atoms with Crippen LogP contribution in [0.25, 0.3) is 0 Å². The summed E-state index contributed by atoms with van der Waals surface area (Å²) in [7, 11) is 1.33. The number of hydrogen-bond acceptors (Lipinski definition) is 4. The van der Waals surface area contributed by atoms with Crippen LogP contribution in [0.4, 0.5) is 0 Å². The molecular formula is C18H18Cl2N2O3. The minimum atomic E-state index is -0.460. The Labute approximate surface area is 156 Å². The molecule has 2 rings (SSSR count). The number of pyridine rings is 1. The number of methoxy groups -OCH3 is 1. The van der Waals surface area contributed by atoms with Crippen molar-refractivity contribution in [2.45, 2.75) is 13.5 Å². The first-order valence-electron chi connectivity index (χ1n) is 7.63. The standard InChI is InChI=1S/C18H18Cl2N2O3/c1-12(18(24)25-2)10-22(11-13-5-7-21-8-6-13)17(23)14-3-4-15(19)16(20)9-14/h3-9,12H,10-11H2,1-2H3. The van der Waals surface area contributed by atoms with E-state index in [0.29, 0.717) is 22.2 Å². The summed E-state index contributed by atoms with van der Waals surface area (Å²) in [5.74, 6) is -1.08. The molecule has 0 saturated heterocycles. The lowest BCUT2D eigenvalue weighted by Gasteiger charge is -2.25. The fraction of sp³-hybridized carbons (Fsp3) is 0.278. The number of amides is 1. The largest absolute Gasteiger partial charge is 0.469 e. The summed E-state index contributed by atoms with van der Waals surface area (Å²) >= 11 is 11.9. The zero-order valence-corrected chi connectivity index (χ0v) is 15.4. The molecular weight excluding hydrogens is 363 g/mol. The molecule has 0 fully saturated rings. The van der Waals surface area contributed by atoms with E-state index in [4.69, 9.17) is 27.9 Å². The Balaban J connectivity index is 2.27. The van der Waals surface area contributed by atoms with Crippen LogP contribution >= 0.6 is 23.2 Å². The van der Waals surface area contributed by atoms with E-state index >= 15 is 0 Å². The molecule has 0 N–H and O–H groups in total. The van der Waals surface area contributed by atoms with Crippen molar-refractivity contribution < 1.29 is 14.3 Å². The highest BCUT2D eigenvalue weighted by Gasteiger charge is 2.23. The SMILES string of the molecule is COC(=O)C(C)CN(Cc1ccncc1)C(=O)c1ccc(Cl)c(Cl)c1. The van der Waals surface area contributed by atoms with Crippen LogP contribution in [-0.4, -0.2) is 35.4 Å². The summed E-state index contributed by atoms with van der Waals surface area (Å²) in [5.41, 5.74) is 1.31. The topological polar surface area (TPSA) is 59.5 Å². The highest BCUT2D eigenvalue weighted by Crippen LogP contribution is 2.24. The van der Waals surface area contributed by atoms with Crippen molar-refractivity contribution in [3.05, 3.63) is 63.9 Å². The molecule has 2 aromatic rings. The fourth-order valence-electron chi connectivity index (χ4n) is 2.35. The van der Waals surface area contributed by atoms with Gasteiger partial charge in [-0.1, -0.05) is 30.1 Å². The van der Waals surface area contributed by atoms with Gasteiger partial charge in [0.1, 0.15) is 0 Å². The maximum atomic E-state index is 12.9. The Morgan fingerprint density at radius 1 is 1.16 bits per heavy atom. The Hall–Kier alpha value is -2.11. The number of aromatic nitrogens is 1. The second kappa shape index (κ2) is 8.83. The monoisotopic (exact) mass is 380 g/mol. The number of hydrogen-bond donors (Lipinski definition) is 0. The third-order valence-corrected chi connectivity index (χ3v) is 4.41. The van der Waals surface area contributed by atoms with E-state index in [1.54, 1.807) is 36.4 Å². The van der Waals surface area contributed by atoms with Crippen LogP contribution in [0.1, 0.15) is 22.8 Å². The minimum absolute atomic E-state index is 0.216. The van der Waals surface area contributed by atoms with E-state index in [0.717, 1.165) is 5.56 Å². The lowest BCUT2D eigenvalue weighted by molar-refractivity contribution is -0.145. The molecule has 1 aromatic heterocycles. The van der Waals surface area contributed by atoms with Gasteiger partial charge in [0.25, 0.3) is 5.91 Å². The lowest BCUT2D eigenvalue weighted by atomic mass is 10.1. The van der Waals surface area contributed by atoms with Crippen LogP contribution in [0.15, 0.2) is 42.7 Å². The fourth-order valence-corrected chi connectivity index (χ4v) is 2.64. The van der Waals surface area contributed by atoms with Gasteiger partial charge in [0, 0.05) is 31.0 Å². The average Bonchev–Trinajstić information content (AvgIpc) is 2.62. The first kappa shape index (κ1) is 19.2. The molecule has 1 heterocycles. The van der Waals surface area contributed by atoms with E-state index in [1.165, 1.54) is 13.2 Å². The Bertz CT molecular complexity index is 753. The maximum Gasteiger partial charge on any atom is 0.310 e. The summed E-state index contributed by atoms with van der Waals surface area (Å²) < 4.78 is 4.76. The van der Waals surface area contributed by atoms with E-state index < -0.39 is 5.92 Å². The van der Waals surface area contributed by atoms with Gasteiger partial charge in [-0.3, -0.25) is 14.6 Å². The van der Waals surface area contributed by atoms with Crippen molar-refractivity contribution in [3.63, 3.8) is 0 Å². The zero-order valence-electron chi connectivity index (χ0n) is 13.9. The summed E-state index contributed by atoms with van der Waals surface area (Å²) in [6, 6.07) is 8.34. The highest BCUT2D eigenvalue weighted by atomic mass is 35.5. The van der Waals surface area contributed by atoms with Crippen LogP contribution in [0.3, 0.4) is 0 Å². The van der Waals surface area contributed by atoms with Gasteiger partial charge in [-0.2, -0.15) is 0 Å². The third kappa shape index (κ3) is 5.18. The Morgan fingerprint density at radius 2 is 1.84 bits per heavy atom. The van der Waals surface area contributed by atoms with Crippen molar-refractivity contribution >= 4 is 35.1 Å². The van der Waals surface area contributed by atoms with Gasteiger partial charge in [0.15, 0.2) is 0 Å². The van der Waals surface area contributed by atoms with E-state index in [1.807, 2.05) is 12.1 Å². The molecule has 5 nitrogen and oxygen atoms in total. The Morgan fingerprint density at radius 3 is 2.44 bits per heavy atom. The van der Waals surface area contributed by atoms with Gasteiger partial charge in [-0.25, -0.2) is 0 Å². The van der Waals surface area contributed by atoms with Gasteiger partial charge in [-0.05, 0) is 35.9 Å². The normalized spacial score (nSPS) is 11.7. The van der Waals surface area contributed by atoms with Crippen LogP contribution in [0.2, 0.25) is 10.0 Å². The van der Waals surface area contributed by atoms with E-state index in [-0.39, 0.29) is 18.4 Å². The molecule has 0 aliphatic rings. The Kier molecular flexibility index (Phi) is 6.79. The van der Waals surface area contributed by atoms with Crippen molar-refractivity contribution in [2.75, 3.05) is 13.7 Å². The summed E-state index contributed by atoms with van der Waals surface area (Å²) in [5, 5.41) is 0.680. The van der Waals surface area contributed by atoms with Crippen molar-refractivity contribution in [3.8, 4) is 0 Å². The number of benzene rings is 1. The predicted molar refractivity (Wildman–Crippen MR) is 96.6 cm³/mol. The average molecular weight is 381 g/mol. The zero-order chi connectivity index (χ0) is 18.4.